The van der Waals surface area contributed by atoms with Crippen molar-refractivity contribution in [1.82, 2.24) is 25.1 Å². The molecule has 2 heterocycles. The van der Waals surface area contributed by atoms with E-state index in [0.717, 1.165) is 13.0 Å². The van der Waals surface area contributed by atoms with Crippen molar-refractivity contribution in [3.8, 4) is 0 Å². The van der Waals surface area contributed by atoms with Gasteiger partial charge in [0.25, 0.3) is 0 Å². The van der Waals surface area contributed by atoms with Crippen LogP contribution in [0.1, 0.15) is 24.1 Å². The van der Waals surface area contributed by atoms with Crippen LogP contribution in [-0.4, -0.2) is 43.2 Å². The third kappa shape index (κ3) is 4.12. The third-order valence-electron chi connectivity index (χ3n) is 4.41. The summed E-state index contributed by atoms with van der Waals surface area (Å²) >= 11 is 0. The molecule has 9 heteroatoms. The quantitative estimate of drug-likeness (QED) is 0.662. The van der Waals surface area contributed by atoms with Gasteiger partial charge in [0, 0.05) is 25.8 Å². The number of nitrogens with one attached hydrogen (secondary N) is 3. The van der Waals surface area contributed by atoms with E-state index in [1.54, 1.807) is 7.05 Å². The summed E-state index contributed by atoms with van der Waals surface area (Å²) in [5, 5.41) is 10.0. The molecule has 3 rings (SSSR count). The Balaban J connectivity index is 1.59. The maximum absolute atomic E-state index is 12.3. The number of benzene rings is 1. The standard InChI is InChI=1S/C17H23N5O3S/c1-12(21-26(24,25)14-9-20-22(2)11-14)17(23)19-10-16-15-6-4-3-5-13(15)7-8-18-16/h3-6,9,11-12,16,18,21H,7-8,10H2,1-2H3,(H,19,23). The minimum atomic E-state index is -3.79. The van der Waals surface area contributed by atoms with E-state index in [1.165, 1.54) is 35.1 Å². The van der Waals surface area contributed by atoms with Gasteiger partial charge in [-0.3, -0.25) is 9.48 Å². The summed E-state index contributed by atoms with van der Waals surface area (Å²) in [6.07, 6.45) is 3.59. The van der Waals surface area contributed by atoms with Crippen molar-refractivity contribution < 1.29 is 13.2 Å². The Morgan fingerprint density at radius 2 is 2.19 bits per heavy atom. The molecule has 140 valence electrons. The molecule has 0 fully saturated rings. The Bertz CT molecular complexity index is 893. The van der Waals surface area contributed by atoms with Crippen molar-refractivity contribution >= 4 is 15.9 Å². The number of carbonyl (C=O) groups excluding carboxylic acids is 1. The predicted octanol–water partition coefficient (Wildman–Crippen LogP) is 0.0901. The molecule has 1 amide bonds. The second-order valence-electron chi connectivity index (χ2n) is 6.39. The number of amides is 1. The zero-order valence-corrected chi connectivity index (χ0v) is 15.6. The molecule has 0 bridgehead atoms. The fourth-order valence-electron chi connectivity index (χ4n) is 3.02. The molecule has 1 aromatic heterocycles. The molecule has 0 spiro atoms. The Morgan fingerprint density at radius 3 is 2.92 bits per heavy atom. The van der Waals surface area contributed by atoms with Crippen molar-refractivity contribution in [3.63, 3.8) is 0 Å². The minimum absolute atomic E-state index is 0.0195. The van der Waals surface area contributed by atoms with Crippen LogP contribution in [0, 0.1) is 0 Å². The maximum atomic E-state index is 12.3. The molecule has 0 saturated carbocycles. The molecule has 8 nitrogen and oxygen atoms in total. The number of aromatic nitrogens is 2. The summed E-state index contributed by atoms with van der Waals surface area (Å²) in [6.45, 7) is 2.76. The van der Waals surface area contributed by atoms with Crippen LogP contribution in [0.25, 0.3) is 0 Å². The summed E-state index contributed by atoms with van der Waals surface area (Å²) in [4.78, 5) is 12.4. The van der Waals surface area contributed by atoms with E-state index in [0.29, 0.717) is 6.54 Å². The first-order valence-corrected chi connectivity index (χ1v) is 9.95. The highest BCUT2D eigenvalue weighted by molar-refractivity contribution is 7.89. The van der Waals surface area contributed by atoms with Gasteiger partial charge in [0.1, 0.15) is 4.90 Å². The van der Waals surface area contributed by atoms with Crippen molar-refractivity contribution in [1.29, 1.82) is 0 Å². The highest BCUT2D eigenvalue weighted by Crippen LogP contribution is 2.21. The maximum Gasteiger partial charge on any atom is 0.244 e. The molecular weight excluding hydrogens is 354 g/mol. The minimum Gasteiger partial charge on any atom is -0.353 e. The first-order valence-electron chi connectivity index (χ1n) is 8.46. The van der Waals surface area contributed by atoms with Crippen molar-refractivity contribution in [3.05, 3.63) is 47.8 Å². The third-order valence-corrected chi connectivity index (χ3v) is 5.91. The number of nitrogens with zero attached hydrogens (tertiary/aromatic N) is 2. The molecule has 1 aromatic carbocycles. The first-order chi connectivity index (χ1) is 12.4. The molecule has 1 aliphatic heterocycles. The van der Waals surface area contributed by atoms with Gasteiger partial charge in [0.05, 0.1) is 12.2 Å². The lowest BCUT2D eigenvalue weighted by Crippen LogP contribution is -2.47. The van der Waals surface area contributed by atoms with Crippen LogP contribution in [0.3, 0.4) is 0 Å². The topological polar surface area (TPSA) is 105 Å². The van der Waals surface area contributed by atoms with Crippen LogP contribution in [0.2, 0.25) is 0 Å². The first kappa shape index (κ1) is 18.6. The second kappa shape index (κ2) is 7.56. The van der Waals surface area contributed by atoms with Crippen molar-refractivity contribution in [2.75, 3.05) is 13.1 Å². The van der Waals surface area contributed by atoms with E-state index < -0.39 is 16.1 Å². The molecule has 0 saturated heterocycles. The molecule has 3 N–H and O–H groups in total. The summed E-state index contributed by atoms with van der Waals surface area (Å²) < 4.78 is 28.3. The number of hydrogen-bond acceptors (Lipinski definition) is 5. The molecule has 1 aliphatic rings. The normalized spacial score (nSPS) is 18.2. The highest BCUT2D eigenvalue weighted by atomic mass is 32.2. The number of rotatable bonds is 6. The number of carbonyl (C=O) groups is 1. The van der Waals surface area contributed by atoms with Crippen LogP contribution >= 0.6 is 0 Å². The van der Waals surface area contributed by atoms with Gasteiger partial charge >= 0.3 is 0 Å². The average Bonchev–Trinajstić information content (AvgIpc) is 3.06. The zero-order valence-electron chi connectivity index (χ0n) is 14.8. The van der Waals surface area contributed by atoms with Gasteiger partial charge in [-0.25, -0.2) is 8.42 Å². The Labute approximate surface area is 153 Å². The number of hydrogen-bond donors (Lipinski definition) is 3. The highest BCUT2D eigenvalue weighted by Gasteiger charge is 2.25. The molecule has 0 aliphatic carbocycles. The van der Waals surface area contributed by atoms with E-state index in [4.69, 9.17) is 0 Å². The van der Waals surface area contributed by atoms with Gasteiger partial charge in [-0.1, -0.05) is 24.3 Å². The lowest BCUT2D eigenvalue weighted by atomic mass is 9.94. The van der Waals surface area contributed by atoms with Gasteiger partial charge in [-0.15, -0.1) is 0 Å². The van der Waals surface area contributed by atoms with E-state index in [9.17, 15) is 13.2 Å². The van der Waals surface area contributed by atoms with Gasteiger partial charge in [-0.05, 0) is 31.0 Å². The fraction of sp³-hybridized carbons (Fsp3) is 0.412. The van der Waals surface area contributed by atoms with Crippen LogP contribution < -0.4 is 15.4 Å². The van der Waals surface area contributed by atoms with E-state index in [-0.39, 0.29) is 16.8 Å². The summed E-state index contributed by atoms with van der Waals surface area (Å²) in [7, 11) is -2.16. The van der Waals surface area contributed by atoms with E-state index in [2.05, 4.69) is 26.5 Å². The molecule has 0 radical (unpaired) electrons. The van der Waals surface area contributed by atoms with Crippen LogP contribution in [-0.2, 0) is 28.3 Å². The molecule has 2 aromatic rings. The smallest absolute Gasteiger partial charge is 0.244 e. The number of sulfonamides is 1. The predicted molar refractivity (Wildman–Crippen MR) is 96.9 cm³/mol. The van der Waals surface area contributed by atoms with Gasteiger partial charge < -0.3 is 10.6 Å². The lowest BCUT2D eigenvalue weighted by Gasteiger charge is -2.27. The summed E-state index contributed by atoms with van der Waals surface area (Å²) in [5.41, 5.74) is 2.44. The number of aryl methyl sites for hydroxylation is 1. The van der Waals surface area contributed by atoms with E-state index >= 15 is 0 Å². The largest absolute Gasteiger partial charge is 0.353 e. The van der Waals surface area contributed by atoms with Gasteiger partial charge in [0.15, 0.2) is 0 Å². The zero-order chi connectivity index (χ0) is 18.7. The molecule has 2 unspecified atom stereocenters. The van der Waals surface area contributed by atoms with Crippen LogP contribution in [0.15, 0.2) is 41.6 Å². The molecular formula is C17H23N5O3S. The van der Waals surface area contributed by atoms with Gasteiger partial charge in [-0.2, -0.15) is 9.82 Å². The monoisotopic (exact) mass is 377 g/mol. The Hall–Kier alpha value is -2.23. The van der Waals surface area contributed by atoms with Crippen LogP contribution in [0.5, 0.6) is 0 Å². The van der Waals surface area contributed by atoms with E-state index in [1.807, 2.05) is 18.2 Å². The molecule has 2 atom stereocenters. The lowest BCUT2D eigenvalue weighted by molar-refractivity contribution is -0.122. The van der Waals surface area contributed by atoms with Crippen molar-refractivity contribution in [2.45, 2.75) is 30.3 Å². The Kier molecular flexibility index (Phi) is 5.40. The fourth-order valence-corrected chi connectivity index (χ4v) is 4.21. The average molecular weight is 377 g/mol. The second-order valence-corrected chi connectivity index (χ2v) is 8.11. The summed E-state index contributed by atoms with van der Waals surface area (Å²) in [6, 6.07) is 7.26. The Morgan fingerprint density at radius 1 is 1.42 bits per heavy atom. The summed E-state index contributed by atoms with van der Waals surface area (Å²) in [5.74, 6) is -0.373. The van der Waals surface area contributed by atoms with Gasteiger partial charge in [0.2, 0.25) is 15.9 Å². The van der Waals surface area contributed by atoms with Crippen molar-refractivity contribution in [2.24, 2.45) is 7.05 Å². The SMILES string of the molecule is CC(NS(=O)(=O)c1cnn(C)c1)C(=O)NCC1NCCc2ccccc21. The van der Waals surface area contributed by atoms with Crippen LogP contribution in [0.4, 0.5) is 0 Å². The molecule has 26 heavy (non-hydrogen) atoms. The number of fused-ring (bicyclic) bond motifs is 1.